The van der Waals surface area contributed by atoms with Crippen LogP contribution in [0.25, 0.3) is 0 Å². The Morgan fingerprint density at radius 1 is 1.02 bits per heavy atom. The van der Waals surface area contributed by atoms with Gasteiger partial charge in [-0.1, -0.05) is 17.7 Å². The number of benzene rings is 1. The fourth-order valence-corrected chi connectivity index (χ4v) is 7.63. The summed E-state index contributed by atoms with van der Waals surface area (Å²) >= 11 is 13.9. The topological polar surface area (TPSA) is 62.7 Å². The molecule has 6 nitrogen and oxygen atoms in total. The van der Waals surface area contributed by atoms with Crippen molar-refractivity contribution in [3.63, 3.8) is 0 Å². The Kier molecular flexibility index (Phi) is 9.18. The van der Waals surface area contributed by atoms with E-state index in [4.69, 9.17) is 21.3 Å². The maximum atomic E-state index is 13.3. The van der Waals surface area contributed by atoms with Gasteiger partial charge in [-0.3, -0.25) is 9.78 Å². The molecule has 0 spiro atoms. The van der Waals surface area contributed by atoms with Gasteiger partial charge in [-0.05, 0) is 132 Å². The van der Waals surface area contributed by atoms with Crippen molar-refractivity contribution in [2.75, 3.05) is 26.2 Å². The molecular formula is C31H38Br2ClN3O3. The quantitative estimate of drug-likeness (QED) is 0.329. The van der Waals surface area contributed by atoms with Crippen molar-refractivity contribution < 1.29 is 14.3 Å². The number of hydrogen-bond acceptors (Lipinski definition) is 4. The van der Waals surface area contributed by atoms with E-state index in [0.717, 1.165) is 71.3 Å². The number of fused-ring (bicyclic) bond motifs is 2. The molecule has 0 N–H and O–H groups in total. The number of halogens is 3. The summed E-state index contributed by atoms with van der Waals surface area (Å²) in [5.74, 6) is 1.14. The average Bonchev–Trinajstić information content (AvgIpc) is 3.07. The van der Waals surface area contributed by atoms with Gasteiger partial charge in [0.15, 0.2) is 0 Å². The Balaban J connectivity index is 1.22. The van der Waals surface area contributed by atoms with E-state index in [0.29, 0.717) is 31.3 Å². The molecular weight excluding hydrogens is 658 g/mol. The summed E-state index contributed by atoms with van der Waals surface area (Å²) in [6, 6.07) is 6.39. The summed E-state index contributed by atoms with van der Waals surface area (Å²) in [7, 11) is 0. The van der Waals surface area contributed by atoms with Crippen molar-refractivity contribution in [1.29, 1.82) is 0 Å². The maximum Gasteiger partial charge on any atom is 0.410 e. The first-order chi connectivity index (χ1) is 19.0. The van der Waals surface area contributed by atoms with Crippen molar-refractivity contribution in [3.05, 3.63) is 60.7 Å². The van der Waals surface area contributed by atoms with Gasteiger partial charge in [-0.15, -0.1) is 0 Å². The average molecular weight is 696 g/mol. The number of ether oxygens (including phenoxy) is 1. The summed E-state index contributed by atoms with van der Waals surface area (Å²) in [5.41, 5.74) is 4.55. The lowest BCUT2D eigenvalue weighted by Crippen LogP contribution is -2.44. The van der Waals surface area contributed by atoms with Crippen molar-refractivity contribution in [3.8, 4) is 0 Å². The summed E-state index contributed by atoms with van der Waals surface area (Å²) in [4.78, 5) is 34.5. The molecule has 0 radical (unpaired) electrons. The first-order valence-electron chi connectivity index (χ1n) is 14.4. The van der Waals surface area contributed by atoms with Crippen LogP contribution in [0.1, 0.15) is 81.2 Å². The van der Waals surface area contributed by atoms with Crippen molar-refractivity contribution in [2.45, 2.75) is 77.2 Å². The Labute approximate surface area is 259 Å². The zero-order valence-corrected chi connectivity index (χ0v) is 27.4. The number of hydrogen-bond donors (Lipinski definition) is 0. The van der Waals surface area contributed by atoms with Crippen LogP contribution in [-0.2, 0) is 22.4 Å². The van der Waals surface area contributed by atoms with E-state index in [1.54, 1.807) is 4.90 Å². The standard InChI is InChI=1S/C31H38Br2ClN3O3/c1-31(2,3)40-30(39)37-12-8-19(9-13-37)16-26(38)36-14-10-20(11-15-36)27-23-6-7-25(34)28(33)24(23)5-4-21-17-22(32)18-35-29(21)27/h6-7,17-20,27H,4-5,8-16H2,1-3H3. The normalized spacial score (nSPS) is 20.5. The number of aromatic nitrogens is 1. The molecule has 2 aliphatic heterocycles. The predicted octanol–water partition coefficient (Wildman–Crippen LogP) is 7.77. The van der Waals surface area contributed by atoms with Crippen LogP contribution in [0.15, 0.2) is 33.3 Å². The van der Waals surface area contributed by atoms with Gasteiger partial charge in [0.2, 0.25) is 5.91 Å². The van der Waals surface area contributed by atoms with Crippen LogP contribution in [0, 0.1) is 11.8 Å². The monoisotopic (exact) mass is 693 g/mol. The highest BCUT2D eigenvalue weighted by atomic mass is 79.9. The van der Waals surface area contributed by atoms with E-state index in [1.165, 1.54) is 16.7 Å². The zero-order chi connectivity index (χ0) is 28.6. The van der Waals surface area contributed by atoms with Crippen molar-refractivity contribution in [2.24, 2.45) is 11.8 Å². The third-order valence-electron chi connectivity index (χ3n) is 8.57. The van der Waals surface area contributed by atoms with Gasteiger partial charge in [0, 0.05) is 53.7 Å². The SMILES string of the molecule is CC(C)(C)OC(=O)N1CCC(CC(=O)N2CCC(C3c4ccc(Cl)c(Br)c4CCc4cc(Br)cnc43)CC2)CC1. The molecule has 2 fully saturated rings. The van der Waals surface area contributed by atoms with Gasteiger partial charge >= 0.3 is 6.09 Å². The molecule has 2 saturated heterocycles. The van der Waals surface area contributed by atoms with Crippen LogP contribution >= 0.6 is 43.5 Å². The number of rotatable bonds is 3. The van der Waals surface area contributed by atoms with Gasteiger partial charge in [0.05, 0.1) is 10.7 Å². The molecule has 40 heavy (non-hydrogen) atoms. The van der Waals surface area contributed by atoms with E-state index in [1.807, 2.05) is 33.0 Å². The minimum absolute atomic E-state index is 0.184. The van der Waals surface area contributed by atoms with Crippen molar-refractivity contribution in [1.82, 2.24) is 14.8 Å². The second-order valence-corrected chi connectivity index (χ2v) is 14.6. The zero-order valence-electron chi connectivity index (χ0n) is 23.5. The number of likely N-dealkylation sites (tertiary alicyclic amines) is 2. The predicted molar refractivity (Wildman–Crippen MR) is 165 cm³/mol. The smallest absolute Gasteiger partial charge is 0.410 e. The number of aryl methyl sites for hydroxylation is 1. The van der Waals surface area contributed by atoms with E-state index >= 15 is 0 Å². The number of carbonyl (C=O) groups excluding carboxylic acids is 2. The van der Waals surface area contributed by atoms with E-state index in [-0.39, 0.29) is 17.9 Å². The molecule has 1 aliphatic carbocycles. The van der Waals surface area contributed by atoms with Gasteiger partial charge in [-0.25, -0.2) is 4.79 Å². The summed E-state index contributed by atoms with van der Waals surface area (Å²) < 4.78 is 7.51. The van der Waals surface area contributed by atoms with E-state index in [9.17, 15) is 9.59 Å². The maximum absolute atomic E-state index is 13.3. The van der Waals surface area contributed by atoms with Gasteiger partial charge in [0.1, 0.15) is 5.60 Å². The molecule has 1 aromatic heterocycles. The van der Waals surface area contributed by atoms with Gasteiger partial charge in [0.25, 0.3) is 0 Å². The minimum Gasteiger partial charge on any atom is -0.444 e. The lowest BCUT2D eigenvalue weighted by molar-refractivity contribution is -0.134. The summed E-state index contributed by atoms with van der Waals surface area (Å²) in [5, 5.41) is 0.745. The Morgan fingerprint density at radius 2 is 1.70 bits per heavy atom. The third-order valence-corrected chi connectivity index (χ3v) is 10.5. The number of nitrogens with zero attached hydrogens (tertiary/aromatic N) is 3. The lowest BCUT2D eigenvalue weighted by Gasteiger charge is -2.38. The Hall–Kier alpha value is -1.64. The van der Waals surface area contributed by atoms with E-state index in [2.05, 4.69) is 48.9 Å². The highest BCUT2D eigenvalue weighted by Gasteiger charge is 2.36. The fourth-order valence-electron chi connectivity index (χ4n) is 6.51. The van der Waals surface area contributed by atoms with Gasteiger partial charge < -0.3 is 14.5 Å². The first-order valence-corrected chi connectivity index (χ1v) is 16.3. The number of pyridine rings is 1. The van der Waals surface area contributed by atoms with Crippen LogP contribution in [0.3, 0.4) is 0 Å². The van der Waals surface area contributed by atoms with Crippen LogP contribution in [0.2, 0.25) is 5.02 Å². The number of carbonyl (C=O) groups is 2. The number of amides is 2. The van der Waals surface area contributed by atoms with Crippen molar-refractivity contribution >= 4 is 55.5 Å². The first kappa shape index (κ1) is 29.8. The van der Waals surface area contributed by atoms with Crippen LogP contribution in [0.5, 0.6) is 0 Å². The van der Waals surface area contributed by atoms with Crippen LogP contribution in [0.4, 0.5) is 4.79 Å². The second kappa shape index (κ2) is 12.3. The minimum atomic E-state index is -0.493. The molecule has 0 bridgehead atoms. The second-order valence-electron chi connectivity index (χ2n) is 12.4. The molecule has 1 unspecified atom stereocenters. The Bertz CT molecular complexity index is 1270. The summed E-state index contributed by atoms with van der Waals surface area (Å²) in [6.45, 7) is 8.50. The molecule has 0 saturated carbocycles. The van der Waals surface area contributed by atoms with Crippen LogP contribution in [-0.4, -0.2) is 58.6 Å². The largest absolute Gasteiger partial charge is 0.444 e. The fraction of sp³-hybridized carbons (Fsp3) is 0.581. The highest BCUT2D eigenvalue weighted by Crippen LogP contribution is 2.45. The van der Waals surface area contributed by atoms with Crippen LogP contribution < -0.4 is 0 Å². The highest BCUT2D eigenvalue weighted by molar-refractivity contribution is 9.10. The molecule has 1 aromatic carbocycles. The molecule has 5 rings (SSSR count). The molecule has 3 aliphatic rings. The lowest BCUT2D eigenvalue weighted by atomic mass is 9.76. The molecule has 216 valence electrons. The van der Waals surface area contributed by atoms with Gasteiger partial charge in [-0.2, -0.15) is 0 Å². The molecule has 9 heteroatoms. The number of piperidine rings is 2. The molecule has 1 atom stereocenters. The molecule has 2 aromatic rings. The Morgan fingerprint density at radius 3 is 2.38 bits per heavy atom. The van der Waals surface area contributed by atoms with E-state index < -0.39 is 5.60 Å². The molecule has 3 heterocycles. The third kappa shape index (κ3) is 6.70. The molecule has 2 amide bonds. The summed E-state index contributed by atoms with van der Waals surface area (Å²) in [6.07, 6.45) is 7.64.